The number of carbonyl (C=O) groups is 1. The number of nitrogen functional groups attached to an aromatic ring is 1. The minimum absolute atomic E-state index is 0.0455. The van der Waals surface area contributed by atoms with E-state index in [0.29, 0.717) is 31.2 Å². The maximum absolute atomic E-state index is 13.0. The Hall–Kier alpha value is -2.47. The van der Waals surface area contributed by atoms with Crippen molar-refractivity contribution in [2.45, 2.75) is 31.8 Å². The summed E-state index contributed by atoms with van der Waals surface area (Å²) >= 11 is 0. The number of benzene rings is 1. The van der Waals surface area contributed by atoms with Crippen LogP contribution in [-0.4, -0.2) is 40.5 Å². The van der Waals surface area contributed by atoms with Gasteiger partial charge in [0.2, 0.25) is 0 Å². The Bertz CT molecular complexity index is 793. The van der Waals surface area contributed by atoms with E-state index < -0.39 is 0 Å². The summed E-state index contributed by atoms with van der Waals surface area (Å²) in [5.74, 6) is 0.403. The Morgan fingerprint density at radius 2 is 1.96 bits per heavy atom. The fourth-order valence-corrected chi connectivity index (χ4v) is 3.66. The molecule has 0 bridgehead atoms. The topological polar surface area (TPSA) is 81.3 Å². The van der Waals surface area contributed by atoms with Gasteiger partial charge in [-0.3, -0.25) is 9.78 Å². The zero-order chi connectivity index (χ0) is 17.2. The van der Waals surface area contributed by atoms with Gasteiger partial charge < -0.3 is 15.4 Å². The zero-order valence-electron chi connectivity index (χ0n) is 14.1. The van der Waals surface area contributed by atoms with E-state index in [1.807, 2.05) is 11.0 Å². The largest absolute Gasteiger partial charge is 0.382 e. The lowest BCUT2D eigenvalue weighted by molar-refractivity contribution is -0.0245. The summed E-state index contributed by atoms with van der Waals surface area (Å²) < 4.78 is 5.78. The van der Waals surface area contributed by atoms with Crippen molar-refractivity contribution >= 4 is 11.7 Å². The summed E-state index contributed by atoms with van der Waals surface area (Å²) in [7, 11) is 0. The Labute approximate surface area is 147 Å². The van der Waals surface area contributed by atoms with Gasteiger partial charge in [0.1, 0.15) is 17.6 Å². The second-order valence-corrected chi connectivity index (χ2v) is 6.63. The number of hydrogen-bond acceptors (Lipinski definition) is 5. The highest BCUT2D eigenvalue weighted by Crippen LogP contribution is 2.26. The minimum atomic E-state index is -0.330. The second kappa shape index (κ2) is 6.80. The third-order valence-electron chi connectivity index (χ3n) is 5.01. The maximum atomic E-state index is 13.0. The summed E-state index contributed by atoms with van der Waals surface area (Å²) in [6.07, 6.45) is 7.45. The number of aromatic nitrogens is 2. The van der Waals surface area contributed by atoms with Crippen molar-refractivity contribution in [3.05, 3.63) is 53.0 Å². The van der Waals surface area contributed by atoms with Crippen molar-refractivity contribution in [2.75, 3.05) is 25.4 Å². The molecule has 6 nitrogen and oxygen atoms in total. The van der Waals surface area contributed by atoms with E-state index >= 15 is 0 Å². The van der Waals surface area contributed by atoms with Crippen LogP contribution in [0.1, 0.15) is 46.1 Å². The molecular formula is C19H22N4O2. The number of amides is 1. The van der Waals surface area contributed by atoms with Gasteiger partial charge in [-0.25, -0.2) is 4.98 Å². The molecule has 25 heavy (non-hydrogen) atoms. The number of aryl methyl sites for hydroxylation is 2. The molecule has 130 valence electrons. The van der Waals surface area contributed by atoms with Gasteiger partial charge in [0.05, 0.1) is 13.2 Å². The molecule has 1 saturated heterocycles. The standard InChI is InChI=1S/C19H22N4O2/c20-18-17(21-7-8-22-18)16-12-23(9-10-25-16)19(24)15-6-5-13-3-1-2-4-14(13)11-15/h5-8,11,16H,1-4,9-10,12H2,(H2,20,22). The first-order valence-corrected chi connectivity index (χ1v) is 8.81. The first-order valence-electron chi connectivity index (χ1n) is 8.81. The summed E-state index contributed by atoms with van der Waals surface area (Å²) in [6.45, 7) is 1.49. The molecule has 1 aliphatic heterocycles. The molecule has 1 aliphatic carbocycles. The summed E-state index contributed by atoms with van der Waals surface area (Å²) in [6, 6.07) is 6.13. The molecule has 2 aliphatic rings. The van der Waals surface area contributed by atoms with Crippen LogP contribution in [-0.2, 0) is 17.6 Å². The molecule has 1 unspecified atom stereocenters. The lowest BCUT2D eigenvalue weighted by Gasteiger charge is -2.33. The molecule has 1 atom stereocenters. The number of carbonyl (C=O) groups excluding carboxylic acids is 1. The number of nitrogens with two attached hydrogens (primary N) is 1. The van der Waals surface area contributed by atoms with Crippen LogP contribution in [0, 0.1) is 0 Å². The average molecular weight is 338 g/mol. The van der Waals surface area contributed by atoms with E-state index in [1.165, 1.54) is 24.0 Å². The van der Waals surface area contributed by atoms with Crippen LogP contribution in [0.5, 0.6) is 0 Å². The molecule has 0 saturated carbocycles. The van der Waals surface area contributed by atoms with E-state index in [9.17, 15) is 4.79 Å². The van der Waals surface area contributed by atoms with Crippen LogP contribution in [0.3, 0.4) is 0 Å². The van der Waals surface area contributed by atoms with Gasteiger partial charge in [-0.15, -0.1) is 0 Å². The Kier molecular flexibility index (Phi) is 4.36. The Balaban J connectivity index is 1.53. The zero-order valence-corrected chi connectivity index (χ0v) is 14.1. The minimum Gasteiger partial charge on any atom is -0.382 e. The van der Waals surface area contributed by atoms with E-state index in [4.69, 9.17) is 10.5 Å². The summed E-state index contributed by atoms with van der Waals surface area (Å²) in [5.41, 5.74) is 9.97. The quantitative estimate of drug-likeness (QED) is 0.907. The maximum Gasteiger partial charge on any atom is 0.254 e. The molecule has 1 amide bonds. The van der Waals surface area contributed by atoms with Gasteiger partial charge >= 0.3 is 0 Å². The number of anilines is 1. The number of fused-ring (bicyclic) bond motifs is 1. The smallest absolute Gasteiger partial charge is 0.254 e. The Morgan fingerprint density at radius 1 is 1.16 bits per heavy atom. The highest BCUT2D eigenvalue weighted by molar-refractivity contribution is 5.94. The molecule has 4 rings (SSSR count). The van der Waals surface area contributed by atoms with Crippen molar-refractivity contribution in [1.29, 1.82) is 0 Å². The predicted molar refractivity (Wildman–Crippen MR) is 94.1 cm³/mol. The van der Waals surface area contributed by atoms with Crippen LogP contribution in [0.2, 0.25) is 0 Å². The number of nitrogens with zero attached hydrogens (tertiary/aromatic N) is 3. The van der Waals surface area contributed by atoms with Gasteiger partial charge in [-0.2, -0.15) is 0 Å². The number of morpholine rings is 1. The molecule has 2 heterocycles. The van der Waals surface area contributed by atoms with E-state index in [-0.39, 0.29) is 12.0 Å². The van der Waals surface area contributed by atoms with Gasteiger partial charge in [-0.05, 0) is 48.9 Å². The van der Waals surface area contributed by atoms with E-state index in [1.54, 1.807) is 12.4 Å². The molecular weight excluding hydrogens is 316 g/mol. The average Bonchev–Trinajstić information content (AvgIpc) is 2.67. The van der Waals surface area contributed by atoms with E-state index in [0.717, 1.165) is 18.4 Å². The molecule has 2 aromatic rings. The highest BCUT2D eigenvalue weighted by Gasteiger charge is 2.28. The third-order valence-corrected chi connectivity index (χ3v) is 5.01. The molecule has 1 aromatic carbocycles. The first kappa shape index (κ1) is 16.0. The normalized spacial score (nSPS) is 20.2. The van der Waals surface area contributed by atoms with Crippen molar-refractivity contribution in [3.8, 4) is 0 Å². The van der Waals surface area contributed by atoms with Gasteiger partial charge in [0.25, 0.3) is 5.91 Å². The molecule has 1 aromatic heterocycles. The van der Waals surface area contributed by atoms with Crippen molar-refractivity contribution in [1.82, 2.24) is 14.9 Å². The molecule has 6 heteroatoms. The third kappa shape index (κ3) is 3.22. The van der Waals surface area contributed by atoms with Gasteiger partial charge in [-0.1, -0.05) is 6.07 Å². The molecule has 0 radical (unpaired) electrons. The molecule has 2 N–H and O–H groups in total. The van der Waals surface area contributed by atoms with Gasteiger partial charge in [0, 0.05) is 24.5 Å². The van der Waals surface area contributed by atoms with Crippen molar-refractivity contribution < 1.29 is 9.53 Å². The van der Waals surface area contributed by atoms with Crippen LogP contribution in [0.4, 0.5) is 5.82 Å². The lowest BCUT2D eigenvalue weighted by Crippen LogP contribution is -2.42. The SMILES string of the molecule is Nc1nccnc1C1CN(C(=O)c2ccc3c(c2)CCCC3)CCO1. The molecule has 0 spiro atoms. The fraction of sp³-hybridized carbons (Fsp3) is 0.421. The summed E-state index contributed by atoms with van der Waals surface area (Å²) in [4.78, 5) is 23.1. The second-order valence-electron chi connectivity index (χ2n) is 6.63. The van der Waals surface area contributed by atoms with E-state index in [2.05, 4.69) is 22.1 Å². The number of ether oxygens (including phenoxy) is 1. The predicted octanol–water partition coefficient (Wildman–Crippen LogP) is 2.15. The monoisotopic (exact) mass is 338 g/mol. The molecule has 1 fully saturated rings. The first-order chi connectivity index (χ1) is 12.2. The van der Waals surface area contributed by atoms with Crippen molar-refractivity contribution in [3.63, 3.8) is 0 Å². The van der Waals surface area contributed by atoms with Crippen LogP contribution < -0.4 is 5.73 Å². The van der Waals surface area contributed by atoms with Crippen LogP contribution in [0.25, 0.3) is 0 Å². The summed E-state index contributed by atoms with van der Waals surface area (Å²) in [5, 5.41) is 0. The lowest BCUT2D eigenvalue weighted by atomic mass is 9.90. The number of rotatable bonds is 2. The van der Waals surface area contributed by atoms with Gasteiger partial charge in [0.15, 0.2) is 0 Å². The van der Waals surface area contributed by atoms with Crippen LogP contribution >= 0.6 is 0 Å². The van der Waals surface area contributed by atoms with Crippen molar-refractivity contribution in [2.24, 2.45) is 0 Å². The Morgan fingerprint density at radius 3 is 2.80 bits per heavy atom. The highest BCUT2D eigenvalue weighted by atomic mass is 16.5. The van der Waals surface area contributed by atoms with Crippen LogP contribution in [0.15, 0.2) is 30.6 Å². The number of hydrogen-bond donors (Lipinski definition) is 1. The fourth-order valence-electron chi connectivity index (χ4n) is 3.66.